The monoisotopic (exact) mass is 637 g/mol. The van der Waals surface area contributed by atoms with Gasteiger partial charge in [-0.25, -0.2) is 0 Å². The van der Waals surface area contributed by atoms with E-state index in [1.807, 2.05) is 0 Å². The molecule has 2 heteroatoms. The lowest BCUT2D eigenvalue weighted by atomic mass is 10.0. The molecular weight excluding hydrogens is 548 g/mol. The fourth-order valence-electron chi connectivity index (χ4n) is 6.50. The molecule has 2 nitrogen and oxygen atoms in total. The SMILES string of the molecule is CCCCCCCCCCCCCCCCCCCC=O.CCCCCCCCCCCCCCCCCCCCCCCO. The smallest absolute Gasteiger partial charge is 0.119 e. The van der Waals surface area contributed by atoms with Gasteiger partial charge >= 0.3 is 0 Å². The van der Waals surface area contributed by atoms with E-state index in [2.05, 4.69) is 13.8 Å². The van der Waals surface area contributed by atoms with E-state index >= 15 is 0 Å². The van der Waals surface area contributed by atoms with Gasteiger partial charge in [-0.2, -0.15) is 0 Å². The van der Waals surface area contributed by atoms with Crippen molar-refractivity contribution < 1.29 is 9.90 Å². The first-order valence-corrected chi connectivity index (χ1v) is 21.4. The zero-order valence-corrected chi connectivity index (χ0v) is 31.7. The Labute approximate surface area is 286 Å². The second-order valence-corrected chi connectivity index (χ2v) is 14.4. The van der Waals surface area contributed by atoms with E-state index < -0.39 is 0 Å². The van der Waals surface area contributed by atoms with Gasteiger partial charge in [-0.05, 0) is 12.8 Å². The van der Waals surface area contributed by atoms with Crippen LogP contribution in [0.3, 0.4) is 0 Å². The number of hydrogen-bond donors (Lipinski definition) is 1. The summed E-state index contributed by atoms with van der Waals surface area (Å²) in [6, 6.07) is 0. The van der Waals surface area contributed by atoms with Crippen LogP contribution in [0.4, 0.5) is 0 Å². The average molecular weight is 637 g/mol. The zero-order valence-electron chi connectivity index (χ0n) is 31.7. The molecule has 0 saturated carbocycles. The van der Waals surface area contributed by atoms with Gasteiger partial charge in [0.1, 0.15) is 6.29 Å². The highest BCUT2D eigenvalue weighted by atomic mass is 16.2. The normalized spacial score (nSPS) is 11.1. The molecule has 0 aliphatic carbocycles. The summed E-state index contributed by atoms with van der Waals surface area (Å²) < 4.78 is 0. The van der Waals surface area contributed by atoms with Crippen molar-refractivity contribution >= 4 is 6.29 Å². The molecule has 45 heavy (non-hydrogen) atoms. The van der Waals surface area contributed by atoms with Crippen LogP contribution in [0.15, 0.2) is 0 Å². The molecule has 0 aromatic rings. The fourth-order valence-corrected chi connectivity index (χ4v) is 6.50. The van der Waals surface area contributed by atoms with Crippen LogP contribution in [0.1, 0.15) is 264 Å². The summed E-state index contributed by atoms with van der Waals surface area (Å²) >= 11 is 0. The van der Waals surface area contributed by atoms with Crippen LogP contribution in [-0.4, -0.2) is 18.0 Å². The first-order valence-electron chi connectivity index (χ1n) is 21.4. The van der Waals surface area contributed by atoms with E-state index in [-0.39, 0.29) is 0 Å². The third-order valence-electron chi connectivity index (χ3n) is 9.69. The molecule has 0 aliphatic heterocycles. The first-order chi connectivity index (χ1) is 22.3. The predicted octanol–water partition coefficient (Wildman–Crippen LogP) is 15.4. The Kier molecular flexibility index (Phi) is 49.9. The Morgan fingerprint density at radius 1 is 0.289 bits per heavy atom. The van der Waals surface area contributed by atoms with Crippen LogP contribution < -0.4 is 0 Å². The summed E-state index contributed by atoms with van der Waals surface area (Å²) in [5.74, 6) is 0. The quantitative estimate of drug-likeness (QED) is 0.0538. The number of carbonyl (C=O) groups excluding carboxylic acids is 1. The highest BCUT2D eigenvalue weighted by Gasteiger charge is 1.97. The molecule has 0 radical (unpaired) electrons. The van der Waals surface area contributed by atoms with E-state index in [0.717, 1.165) is 25.5 Å². The van der Waals surface area contributed by atoms with Crippen molar-refractivity contribution in [2.75, 3.05) is 6.61 Å². The number of aldehydes is 1. The molecule has 0 bridgehead atoms. The van der Waals surface area contributed by atoms with Gasteiger partial charge < -0.3 is 9.90 Å². The van der Waals surface area contributed by atoms with Crippen molar-refractivity contribution in [1.82, 2.24) is 0 Å². The van der Waals surface area contributed by atoms with E-state index in [1.54, 1.807) is 0 Å². The van der Waals surface area contributed by atoms with Crippen LogP contribution in [0.25, 0.3) is 0 Å². The summed E-state index contributed by atoms with van der Waals surface area (Å²) in [7, 11) is 0. The highest BCUT2D eigenvalue weighted by Crippen LogP contribution is 2.16. The molecule has 0 amide bonds. The van der Waals surface area contributed by atoms with E-state index in [0.29, 0.717) is 6.61 Å². The summed E-state index contributed by atoms with van der Waals surface area (Å²) in [6.45, 7) is 4.95. The van der Waals surface area contributed by atoms with Crippen LogP contribution in [0, 0.1) is 0 Å². The van der Waals surface area contributed by atoms with Crippen LogP contribution in [-0.2, 0) is 4.79 Å². The maximum atomic E-state index is 10.2. The average Bonchev–Trinajstić information content (AvgIpc) is 3.05. The Balaban J connectivity index is 0. The second-order valence-electron chi connectivity index (χ2n) is 14.4. The molecule has 0 spiro atoms. The van der Waals surface area contributed by atoms with Crippen LogP contribution in [0.2, 0.25) is 0 Å². The maximum Gasteiger partial charge on any atom is 0.119 e. The molecule has 0 heterocycles. The summed E-state index contributed by atoms with van der Waals surface area (Å²) in [4.78, 5) is 10.2. The molecule has 0 atom stereocenters. The standard InChI is InChI=1S/C23H48O.C20H40O/c1-2-3-4-5-6-7-8-9-10-11-12-13-14-15-16-17-18-19-20-21-22-23-24;1-2-3-4-5-6-7-8-9-10-11-12-13-14-15-16-17-18-19-20-21/h24H,2-23H2,1H3;20H,2-19H2,1H3. The zero-order chi connectivity index (χ0) is 33.0. The highest BCUT2D eigenvalue weighted by molar-refractivity contribution is 5.48. The second kappa shape index (κ2) is 48.0. The molecule has 0 fully saturated rings. The van der Waals surface area contributed by atoms with Gasteiger partial charge in [0.05, 0.1) is 0 Å². The number of unbranched alkanes of at least 4 members (excludes halogenated alkanes) is 37. The number of rotatable bonds is 39. The summed E-state index contributed by atoms with van der Waals surface area (Å²) in [6.07, 6.45) is 55.2. The third kappa shape index (κ3) is 50.7. The van der Waals surface area contributed by atoms with Crippen molar-refractivity contribution in [2.24, 2.45) is 0 Å². The largest absolute Gasteiger partial charge is 0.396 e. The number of aliphatic hydroxyl groups excluding tert-OH is 1. The van der Waals surface area contributed by atoms with Gasteiger partial charge in [-0.15, -0.1) is 0 Å². The number of carbonyl (C=O) groups is 1. The van der Waals surface area contributed by atoms with E-state index in [1.165, 1.54) is 231 Å². The molecule has 0 rings (SSSR count). The molecule has 0 aromatic carbocycles. The number of aliphatic hydroxyl groups is 1. The predicted molar refractivity (Wildman–Crippen MR) is 205 cm³/mol. The van der Waals surface area contributed by atoms with E-state index in [4.69, 9.17) is 5.11 Å². The Morgan fingerprint density at radius 3 is 0.644 bits per heavy atom. The van der Waals surface area contributed by atoms with Crippen LogP contribution in [0.5, 0.6) is 0 Å². The minimum absolute atomic E-state index is 0.374. The molecular formula is C43H88O2. The molecule has 272 valence electrons. The van der Waals surface area contributed by atoms with Gasteiger partial charge in [0.2, 0.25) is 0 Å². The topological polar surface area (TPSA) is 37.3 Å². The van der Waals surface area contributed by atoms with Crippen molar-refractivity contribution in [2.45, 2.75) is 264 Å². The minimum atomic E-state index is 0.374. The first kappa shape index (κ1) is 46.7. The molecule has 0 saturated heterocycles. The Hall–Kier alpha value is -0.370. The lowest BCUT2D eigenvalue weighted by Crippen LogP contribution is -1.85. The van der Waals surface area contributed by atoms with Gasteiger partial charge in [0, 0.05) is 13.0 Å². The lowest BCUT2D eigenvalue weighted by molar-refractivity contribution is -0.107. The number of hydrogen-bond acceptors (Lipinski definition) is 2. The fraction of sp³-hybridized carbons (Fsp3) is 0.977. The van der Waals surface area contributed by atoms with Gasteiger partial charge in [0.25, 0.3) is 0 Å². The van der Waals surface area contributed by atoms with Crippen molar-refractivity contribution in [3.8, 4) is 0 Å². The van der Waals surface area contributed by atoms with Crippen molar-refractivity contribution in [1.29, 1.82) is 0 Å². The minimum Gasteiger partial charge on any atom is -0.396 e. The third-order valence-corrected chi connectivity index (χ3v) is 9.69. The van der Waals surface area contributed by atoms with Crippen molar-refractivity contribution in [3.05, 3.63) is 0 Å². The maximum absolute atomic E-state index is 10.2. The summed E-state index contributed by atoms with van der Waals surface area (Å²) in [5.41, 5.74) is 0. The summed E-state index contributed by atoms with van der Waals surface area (Å²) in [5, 5.41) is 8.72. The lowest BCUT2D eigenvalue weighted by Gasteiger charge is -2.04. The molecule has 0 unspecified atom stereocenters. The Bertz CT molecular complexity index is 454. The van der Waals surface area contributed by atoms with Gasteiger partial charge in [-0.1, -0.05) is 245 Å². The van der Waals surface area contributed by atoms with Gasteiger partial charge in [-0.3, -0.25) is 0 Å². The van der Waals surface area contributed by atoms with Gasteiger partial charge in [0.15, 0.2) is 0 Å². The van der Waals surface area contributed by atoms with E-state index in [9.17, 15) is 4.79 Å². The molecule has 0 aromatic heterocycles. The van der Waals surface area contributed by atoms with Crippen LogP contribution >= 0.6 is 0 Å². The Morgan fingerprint density at radius 2 is 0.467 bits per heavy atom. The molecule has 1 N–H and O–H groups in total. The molecule has 0 aliphatic rings. The van der Waals surface area contributed by atoms with Crippen molar-refractivity contribution in [3.63, 3.8) is 0 Å².